The van der Waals surface area contributed by atoms with Crippen LogP contribution in [0.3, 0.4) is 0 Å². The number of allylic oxidation sites excluding steroid dienone is 9. The van der Waals surface area contributed by atoms with E-state index in [4.69, 9.17) is 0 Å². The summed E-state index contributed by atoms with van der Waals surface area (Å²) in [7, 11) is 0. The summed E-state index contributed by atoms with van der Waals surface area (Å²) in [4.78, 5) is 12.4. The molecule has 3 N–H and O–H groups in total. The van der Waals surface area contributed by atoms with Crippen LogP contribution < -0.4 is 5.32 Å². The largest absolute Gasteiger partial charge is 0.394 e. The van der Waals surface area contributed by atoms with Crippen molar-refractivity contribution in [3.05, 3.63) is 60.8 Å². The molecule has 0 aromatic rings. The molecule has 56 heavy (non-hydrogen) atoms. The standard InChI is InChI=1S/C52H95NO3/c1-3-5-7-9-11-13-15-17-19-21-23-25-26-28-30-32-34-36-38-40-42-44-46-48-52(56)53-50(49-54)51(55)47-45-43-41-39-37-35-33-31-29-27-24-22-20-18-16-14-12-10-8-6-4-2/h15,17,21,23,29,31,37,39,45,47,50-51,54-55H,3-14,16,18-20,22,24-28,30,32-36,38,40-44,46,48-49H2,1-2H3,(H,53,56)/b17-15-,23-21-,31-29+,39-37+,47-45+. The number of hydrogen-bond acceptors (Lipinski definition) is 3. The molecule has 2 atom stereocenters. The summed E-state index contributed by atoms with van der Waals surface area (Å²) in [5.41, 5.74) is 0. The number of amides is 1. The maximum absolute atomic E-state index is 12.4. The molecule has 0 aliphatic heterocycles. The van der Waals surface area contributed by atoms with Crippen molar-refractivity contribution in [2.24, 2.45) is 0 Å². The first-order valence-electron chi connectivity index (χ1n) is 24.5. The Morgan fingerprint density at radius 3 is 1.14 bits per heavy atom. The first-order chi connectivity index (χ1) is 27.7. The summed E-state index contributed by atoms with van der Waals surface area (Å²) < 4.78 is 0. The molecule has 4 nitrogen and oxygen atoms in total. The molecule has 0 aliphatic carbocycles. The number of aliphatic hydroxyl groups excluding tert-OH is 2. The molecule has 0 rings (SSSR count). The van der Waals surface area contributed by atoms with Gasteiger partial charge in [-0.05, 0) is 77.0 Å². The van der Waals surface area contributed by atoms with Crippen LogP contribution >= 0.6 is 0 Å². The summed E-state index contributed by atoms with van der Waals surface area (Å²) in [6, 6.07) is -0.649. The van der Waals surface area contributed by atoms with E-state index in [0.29, 0.717) is 6.42 Å². The Balaban J connectivity index is 3.62. The number of carbonyl (C=O) groups is 1. The third-order valence-electron chi connectivity index (χ3n) is 11.0. The Labute approximate surface area is 349 Å². The molecule has 0 saturated carbocycles. The van der Waals surface area contributed by atoms with Gasteiger partial charge in [-0.1, -0.05) is 222 Å². The average molecular weight is 782 g/mol. The van der Waals surface area contributed by atoms with Crippen LogP contribution in [0.5, 0.6) is 0 Å². The van der Waals surface area contributed by atoms with E-state index < -0.39 is 12.1 Å². The van der Waals surface area contributed by atoms with Crippen LogP contribution in [-0.2, 0) is 4.79 Å². The molecule has 4 heteroatoms. The summed E-state index contributed by atoms with van der Waals surface area (Å²) in [5.74, 6) is -0.0805. The fraction of sp³-hybridized carbons (Fsp3) is 0.788. The number of rotatable bonds is 44. The Hall–Kier alpha value is -1.91. The number of unbranched alkanes of at least 4 members (excludes halogenated alkanes) is 29. The fourth-order valence-corrected chi connectivity index (χ4v) is 7.18. The van der Waals surface area contributed by atoms with Crippen LogP contribution in [0.2, 0.25) is 0 Å². The Kier molecular flexibility index (Phi) is 45.8. The van der Waals surface area contributed by atoms with Crippen molar-refractivity contribution < 1.29 is 15.0 Å². The molecule has 0 aliphatic rings. The van der Waals surface area contributed by atoms with Crippen molar-refractivity contribution in [3.63, 3.8) is 0 Å². The lowest BCUT2D eigenvalue weighted by Gasteiger charge is -2.19. The van der Waals surface area contributed by atoms with Gasteiger partial charge in [0.15, 0.2) is 0 Å². The van der Waals surface area contributed by atoms with Crippen molar-refractivity contribution in [1.82, 2.24) is 5.32 Å². The van der Waals surface area contributed by atoms with E-state index in [0.717, 1.165) is 44.9 Å². The van der Waals surface area contributed by atoms with E-state index in [-0.39, 0.29) is 12.5 Å². The van der Waals surface area contributed by atoms with Gasteiger partial charge in [0.2, 0.25) is 5.91 Å². The van der Waals surface area contributed by atoms with Gasteiger partial charge in [-0.15, -0.1) is 0 Å². The third-order valence-corrected chi connectivity index (χ3v) is 11.0. The molecule has 2 unspecified atom stereocenters. The van der Waals surface area contributed by atoms with Gasteiger partial charge < -0.3 is 15.5 Å². The van der Waals surface area contributed by atoms with Crippen molar-refractivity contribution in [1.29, 1.82) is 0 Å². The molecule has 326 valence electrons. The quantitative estimate of drug-likeness (QED) is 0.0426. The van der Waals surface area contributed by atoms with Gasteiger partial charge in [0.05, 0.1) is 18.8 Å². The van der Waals surface area contributed by atoms with E-state index in [1.54, 1.807) is 6.08 Å². The summed E-state index contributed by atoms with van der Waals surface area (Å²) in [6.07, 6.45) is 66.3. The van der Waals surface area contributed by atoms with Crippen molar-refractivity contribution in [2.45, 2.75) is 257 Å². The fourth-order valence-electron chi connectivity index (χ4n) is 7.18. The second-order valence-electron chi connectivity index (χ2n) is 16.5. The molecule has 0 aromatic heterocycles. The summed E-state index contributed by atoms with van der Waals surface area (Å²) >= 11 is 0. The number of aliphatic hydroxyl groups is 2. The van der Waals surface area contributed by atoms with Gasteiger partial charge in [0.1, 0.15) is 0 Å². The van der Waals surface area contributed by atoms with Crippen molar-refractivity contribution >= 4 is 5.91 Å². The normalized spacial score (nSPS) is 13.4. The molecule has 0 heterocycles. The first-order valence-corrected chi connectivity index (χ1v) is 24.5. The topological polar surface area (TPSA) is 69.6 Å². The SMILES string of the molecule is CCCCCCC/C=C\C/C=C\CCCCCCCCCCCCCC(=O)NC(CO)C(O)/C=C/CC/C=C/CC/C=C/CCCCCCCCCCCCC. The lowest BCUT2D eigenvalue weighted by atomic mass is 10.0. The zero-order valence-electron chi connectivity index (χ0n) is 37.4. The minimum Gasteiger partial charge on any atom is -0.394 e. The second kappa shape index (κ2) is 47.5. The van der Waals surface area contributed by atoms with Crippen molar-refractivity contribution in [2.75, 3.05) is 6.61 Å². The van der Waals surface area contributed by atoms with Crippen LogP contribution in [0.4, 0.5) is 0 Å². The predicted molar refractivity (Wildman–Crippen MR) is 248 cm³/mol. The second-order valence-corrected chi connectivity index (χ2v) is 16.5. The van der Waals surface area contributed by atoms with Crippen LogP contribution in [0.1, 0.15) is 245 Å². The molecule has 0 bridgehead atoms. The zero-order chi connectivity index (χ0) is 40.7. The summed E-state index contributed by atoms with van der Waals surface area (Å²) in [6.45, 7) is 4.29. The molecular formula is C52H95NO3. The minimum absolute atomic E-state index is 0.0805. The average Bonchev–Trinajstić information content (AvgIpc) is 3.20. The molecule has 0 saturated heterocycles. The van der Waals surface area contributed by atoms with Gasteiger partial charge in [-0.25, -0.2) is 0 Å². The van der Waals surface area contributed by atoms with Crippen LogP contribution in [0.25, 0.3) is 0 Å². The Morgan fingerprint density at radius 1 is 0.429 bits per heavy atom. The van der Waals surface area contributed by atoms with E-state index in [9.17, 15) is 15.0 Å². The highest BCUT2D eigenvalue weighted by atomic mass is 16.3. The maximum atomic E-state index is 12.4. The summed E-state index contributed by atoms with van der Waals surface area (Å²) in [5, 5.41) is 23.1. The highest BCUT2D eigenvalue weighted by Gasteiger charge is 2.17. The number of nitrogens with one attached hydrogen (secondary N) is 1. The first kappa shape index (κ1) is 54.1. The predicted octanol–water partition coefficient (Wildman–Crippen LogP) is 15.7. The highest BCUT2D eigenvalue weighted by molar-refractivity contribution is 5.76. The minimum atomic E-state index is -0.873. The molecule has 1 amide bonds. The molecular weight excluding hydrogens is 687 g/mol. The lowest BCUT2D eigenvalue weighted by Crippen LogP contribution is -2.45. The van der Waals surface area contributed by atoms with E-state index >= 15 is 0 Å². The molecule has 0 fully saturated rings. The van der Waals surface area contributed by atoms with Crippen molar-refractivity contribution in [3.8, 4) is 0 Å². The van der Waals surface area contributed by atoms with Gasteiger partial charge in [-0.3, -0.25) is 4.79 Å². The number of hydrogen-bond donors (Lipinski definition) is 3. The van der Waals surface area contributed by atoms with Crippen LogP contribution in [0.15, 0.2) is 60.8 Å². The lowest BCUT2D eigenvalue weighted by molar-refractivity contribution is -0.123. The van der Waals surface area contributed by atoms with Gasteiger partial charge >= 0.3 is 0 Å². The van der Waals surface area contributed by atoms with Gasteiger partial charge in [0.25, 0.3) is 0 Å². The number of carbonyl (C=O) groups excluding carboxylic acids is 1. The van der Waals surface area contributed by atoms with Crippen LogP contribution in [0, 0.1) is 0 Å². The van der Waals surface area contributed by atoms with E-state index in [1.165, 1.54) is 180 Å². The maximum Gasteiger partial charge on any atom is 0.220 e. The highest BCUT2D eigenvalue weighted by Crippen LogP contribution is 2.14. The Bertz CT molecular complexity index is 934. The van der Waals surface area contributed by atoms with E-state index in [1.807, 2.05) is 6.08 Å². The van der Waals surface area contributed by atoms with Crippen LogP contribution in [-0.4, -0.2) is 34.9 Å². The molecule has 0 radical (unpaired) electrons. The van der Waals surface area contributed by atoms with E-state index in [2.05, 4.69) is 67.8 Å². The zero-order valence-corrected chi connectivity index (χ0v) is 37.4. The molecule has 0 aromatic carbocycles. The Morgan fingerprint density at radius 2 is 0.750 bits per heavy atom. The van der Waals surface area contributed by atoms with Gasteiger partial charge in [-0.2, -0.15) is 0 Å². The monoisotopic (exact) mass is 782 g/mol. The third kappa shape index (κ3) is 43.2. The molecule has 0 spiro atoms. The smallest absolute Gasteiger partial charge is 0.220 e. The van der Waals surface area contributed by atoms with Gasteiger partial charge in [0, 0.05) is 6.42 Å².